The molecule has 1 unspecified atom stereocenters. The van der Waals surface area contributed by atoms with Gasteiger partial charge in [-0.2, -0.15) is 4.31 Å². The Morgan fingerprint density at radius 2 is 1.70 bits per heavy atom. The van der Waals surface area contributed by atoms with E-state index in [1.54, 1.807) is 6.92 Å². The van der Waals surface area contributed by atoms with Crippen molar-refractivity contribution in [2.75, 3.05) is 55.6 Å². The first-order valence-electron chi connectivity index (χ1n) is 15.5. The molecular weight excluding hydrogens is 562 g/mol. The molecule has 2 aromatic carbocycles. The molecule has 10 heteroatoms. The van der Waals surface area contributed by atoms with E-state index in [9.17, 15) is 13.2 Å². The van der Waals surface area contributed by atoms with Crippen molar-refractivity contribution < 1.29 is 17.6 Å². The van der Waals surface area contributed by atoms with Crippen LogP contribution in [-0.4, -0.2) is 80.4 Å². The lowest BCUT2D eigenvalue weighted by molar-refractivity contribution is 0.0961. The number of benzene rings is 2. The smallest absolute Gasteiger partial charge is 0.276 e. The quantitative estimate of drug-likeness (QED) is 0.333. The zero-order chi connectivity index (χ0) is 29.6. The number of carbonyl (C=O) groups excluding carboxylic acids is 1. The van der Waals surface area contributed by atoms with Gasteiger partial charge in [0.1, 0.15) is 5.76 Å². The minimum absolute atomic E-state index is 0.0292. The first-order chi connectivity index (χ1) is 20.9. The van der Waals surface area contributed by atoms with Crippen LogP contribution < -0.4 is 9.80 Å². The van der Waals surface area contributed by atoms with Gasteiger partial charge < -0.3 is 19.2 Å². The van der Waals surface area contributed by atoms with Crippen molar-refractivity contribution in [3.8, 4) is 0 Å². The highest BCUT2D eigenvalue weighted by atomic mass is 32.2. The van der Waals surface area contributed by atoms with Gasteiger partial charge in [0.25, 0.3) is 15.9 Å². The molecule has 3 aliphatic rings. The van der Waals surface area contributed by atoms with Gasteiger partial charge in [0.05, 0.1) is 11.6 Å². The molecule has 0 radical (unpaired) electrons. The second kappa shape index (κ2) is 11.5. The second-order valence-corrected chi connectivity index (χ2v) is 13.9. The average Bonchev–Trinajstić information content (AvgIpc) is 3.69. The van der Waals surface area contributed by atoms with Crippen molar-refractivity contribution in [3.05, 3.63) is 77.7 Å². The molecule has 0 spiro atoms. The summed E-state index contributed by atoms with van der Waals surface area (Å²) in [7, 11) is -3.78. The monoisotopic (exact) mass is 601 g/mol. The van der Waals surface area contributed by atoms with Crippen LogP contribution in [0.4, 0.5) is 11.4 Å². The van der Waals surface area contributed by atoms with Gasteiger partial charge in [-0.1, -0.05) is 30.7 Å². The summed E-state index contributed by atoms with van der Waals surface area (Å²) in [5.41, 5.74) is 4.77. The Bertz CT molecular complexity index is 1730. The van der Waals surface area contributed by atoms with Crippen molar-refractivity contribution >= 4 is 38.2 Å². The minimum Gasteiger partial charge on any atom is -0.448 e. The van der Waals surface area contributed by atoms with Crippen LogP contribution >= 0.6 is 0 Å². The number of anilines is 2. The standard InChI is InChI=1S/C33H39N5O4S/c1-24-28(22-32(42-24)43(40,41)37-16-5-2-6-17-37)33(39)38-26(13-12-25-8-3-4-10-30(25)38)23-35-18-20-36(21-19-35)31-11-7-9-29-27(31)14-15-34-29/h3-4,7-11,14-15,22,26,34H,2,5-6,12-13,16-21,23H2,1H3. The number of furan rings is 1. The zero-order valence-corrected chi connectivity index (χ0v) is 25.5. The maximum Gasteiger partial charge on any atom is 0.276 e. The van der Waals surface area contributed by atoms with Gasteiger partial charge in [-0.05, 0) is 62.4 Å². The highest BCUT2D eigenvalue weighted by molar-refractivity contribution is 7.89. The van der Waals surface area contributed by atoms with Crippen molar-refractivity contribution in [2.24, 2.45) is 0 Å². The number of aromatic nitrogens is 1. The molecule has 7 rings (SSSR count). The molecule has 1 atom stereocenters. The third-order valence-electron chi connectivity index (χ3n) is 9.37. The van der Waals surface area contributed by atoms with E-state index in [2.05, 4.69) is 45.1 Å². The molecule has 43 heavy (non-hydrogen) atoms. The highest BCUT2D eigenvalue weighted by Gasteiger charge is 2.37. The number of rotatable bonds is 6. The fourth-order valence-electron chi connectivity index (χ4n) is 7.02. The normalized spacial score (nSPS) is 20.4. The summed E-state index contributed by atoms with van der Waals surface area (Å²) >= 11 is 0. The topological polar surface area (TPSA) is 93.1 Å². The summed E-state index contributed by atoms with van der Waals surface area (Å²) < 4.78 is 34.0. The van der Waals surface area contributed by atoms with Crippen LogP contribution in [0.3, 0.4) is 0 Å². The Morgan fingerprint density at radius 1 is 0.930 bits per heavy atom. The summed E-state index contributed by atoms with van der Waals surface area (Å²) in [5, 5.41) is 1.11. The Kier molecular flexibility index (Phi) is 7.53. The highest BCUT2D eigenvalue weighted by Crippen LogP contribution is 2.35. The summed E-state index contributed by atoms with van der Waals surface area (Å²) in [6, 6.07) is 18.0. The van der Waals surface area contributed by atoms with Crippen molar-refractivity contribution in [3.63, 3.8) is 0 Å². The molecule has 2 saturated heterocycles. The molecule has 0 saturated carbocycles. The van der Waals surface area contributed by atoms with E-state index < -0.39 is 10.0 Å². The lowest BCUT2D eigenvalue weighted by Crippen LogP contribution is -2.54. The van der Waals surface area contributed by atoms with Gasteiger partial charge in [-0.15, -0.1) is 0 Å². The molecule has 0 bridgehead atoms. The van der Waals surface area contributed by atoms with E-state index in [1.165, 1.54) is 21.4 Å². The first kappa shape index (κ1) is 28.2. The molecule has 9 nitrogen and oxygen atoms in total. The summed E-state index contributed by atoms with van der Waals surface area (Å²) in [6.45, 7) is 7.07. The Labute approximate surface area is 253 Å². The number of para-hydroxylation sites is 1. The molecule has 0 aliphatic carbocycles. The fourth-order valence-corrected chi connectivity index (χ4v) is 8.51. The van der Waals surface area contributed by atoms with E-state index in [-0.39, 0.29) is 17.0 Å². The average molecular weight is 602 g/mol. The molecular formula is C33H39N5O4S. The van der Waals surface area contributed by atoms with Crippen LogP contribution in [0.1, 0.15) is 47.4 Å². The van der Waals surface area contributed by atoms with Crippen LogP contribution in [-0.2, 0) is 16.4 Å². The van der Waals surface area contributed by atoms with Gasteiger partial charge in [0.2, 0.25) is 5.09 Å². The SMILES string of the molecule is Cc1oc(S(=O)(=O)N2CCCCC2)cc1C(=O)N1c2ccccc2CCC1CN1CCN(c2cccc3[nH]ccc23)CC1. The molecule has 226 valence electrons. The van der Waals surface area contributed by atoms with Crippen LogP contribution in [0.5, 0.6) is 0 Å². The van der Waals surface area contributed by atoms with E-state index in [1.807, 2.05) is 29.3 Å². The summed E-state index contributed by atoms with van der Waals surface area (Å²) in [6.07, 6.45) is 6.45. The third-order valence-corrected chi connectivity index (χ3v) is 11.1. The third kappa shape index (κ3) is 5.25. The predicted molar refractivity (Wildman–Crippen MR) is 168 cm³/mol. The molecule has 3 aliphatic heterocycles. The number of aryl methyl sites for hydroxylation is 2. The number of piperidine rings is 1. The van der Waals surface area contributed by atoms with Gasteiger partial charge in [0.15, 0.2) is 0 Å². The second-order valence-electron chi connectivity index (χ2n) is 12.0. The van der Waals surface area contributed by atoms with Crippen LogP contribution in [0.25, 0.3) is 10.9 Å². The van der Waals surface area contributed by atoms with Crippen LogP contribution in [0, 0.1) is 6.92 Å². The van der Waals surface area contributed by atoms with Crippen molar-refractivity contribution in [1.29, 1.82) is 0 Å². The van der Waals surface area contributed by atoms with E-state index in [4.69, 9.17) is 4.42 Å². The molecule has 1 amide bonds. The molecule has 2 aromatic heterocycles. The maximum atomic E-state index is 14.3. The number of hydrogen-bond donors (Lipinski definition) is 1. The zero-order valence-electron chi connectivity index (χ0n) is 24.7. The van der Waals surface area contributed by atoms with Crippen LogP contribution in [0.2, 0.25) is 0 Å². The number of sulfonamides is 1. The first-order valence-corrected chi connectivity index (χ1v) is 16.9. The number of piperazine rings is 1. The number of aromatic amines is 1. The number of H-pyrrole nitrogens is 1. The molecule has 2 fully saturated rings. The fraction of sp³-hybridized carbons (Fsp3) is 0.424. The van der Waals surface area contributed by atoms with Crippen molar-refractivity contribution in [2.45, 2.75) is 50.2 Å². The lowest BCUT2D eigenvalue weighted by atomic mass is 9.94. The number of nitrogens with one attached hydrogen (secondary N) is 1. The van der Waals surface area contributed by atoms with Gasteiger partial charge in [-0.25, -0.2) is 8.42 Å². The largest absolute Gasteiger partial charge is 0.448 e. The van der Waals surface area contributed by atoms with Gasteiger partial charge in [0, 0.05) is 80.4 Å². The summed E-state index contributed by atoms with van der Waals surface area (Å²) in [5.74, 6) is 0.145. The van der Waals surface area contributed by atoms with Crippen LogP contribution in [0.15, 0.2) is 70.3 Å². The molecule has 1 N–H and O–H groups in total. The van der Waals surface area contributed by atoms with E-state index in [0.717, 1.165) is 81.6 Å². The van der Waals surface area contributed by atoms with Crippen molar-refractivity contribution in [1.82, 2.24) is 14.2 Å². The number of fused-ring (bicyclic) bond motifs is 2. The lowest BCUT2D eigenvalue weighted by Gasteiger charge is -2.42. The molecule has 4 aromatic rings. The number of carbonyl (C=O) groups is 1. The molecule has 5 heterocycles. The number of hydrogen-bond acceptors (Lipinski definition) is 6. The minimum atomic E-state index is -3.78. The maximum absolute atomic E-state index is 14.3. The van der Waals surface area contributed by atoms with Gasteiger partial charge >= 0.3 is 0 Å². The Balaban J connectivity index is 1.11. The number of amides is 1. The Hall–Kier alpha value is -3.60. The number of nitrogens with zero attached hydrogens (tertiary/aromatic N) is 4. The summed E-state index contributed by atoms with van der Waals surface area (Å²) in [4.78, 5) is 24.4. The predicted octanol–water partition coefficient (Wildman–Crippen LogP) is 5.03. The van der Waals surface area contributed by atoms with E-state index in [0.29, 0.717) is 24.4 Å². The Morgan fingerprint density at radius 3 is 2.51 bits per heavy atom. The van der Waals surface area contributed by atoms with Gasteiger partial charge in [-0.3, -0.25) is 9.69 Å². The van der Waals surface area contributed by atoms with E-state index >= 15 is 0 Å².